The SMILES string of the molecule is COc1ccc(-c2ccc(SCC(=O)c3ccc([N+](=O)[O-])cc3)nn2)cc1. The number of carbonyl (C=O) groups excluding carboxylic acids is 1. The van der Waals surface area contributed by atoms with E-state index in [0.717, 1.165) is 17.0 Å². The maximum absolute atomic E-state index is 12.2. The van der Waals surface area contributed by atoms with Gasteiger partial charge in [0.15, 0.2) is 5.78 Å². The third-order valence-electron chi connectivity index (χ3n) is 3.78. The number of methoxy groups -OCH3 is 1. The second-order valence-electron chi connectivity index (χ2n) is 5.50. The van der Waals surface area contributed by atoms with Crippen molar-refractivity contribution in [1.82, 2.24) is 10.2 Å². The highest BCUT2D eigenvalue weighted by Gasteiger charge is 2.11. The van der Waals surface area contributed by atoms with Crippen LogP contribution in [-0.4, -0.2) is 33.8 Å². The first-order valence-corrected chi connectivity index (χ1v) is 8.94. The number of nitrogens with zero attached hydrogens (tertiary/aromatic N) is 3. The fraction of sp³-hybridized carbons (Fsp3) is 0.105. The van der Waals surface area contributed by atoms with Gasteiger partial charge >= 0.3 is 0 Å². The van der Waals surface area contributed by atoms with Gasteiger partial charge in [-0.05, 0) is 48.5 Å². The first-order chi connectivity index (χ1) is 13.1. The van der Waals surface area contributed by atoms with E-state index in [4.69, 9.17) is 4.74 Å². The molecule has 2 aromatic carbocycles. The number of rotatable bonds is 7. The Labute approximate surface area is 159 Å². The number of ether oxygens (including phenoxy) is 1. The number of nitro benzene ring substituents is 1. The van der Waals surface area contributed by atoms with Gasteiger partial charge in [-0.2, -0.15) is 0 Å². The number of hydrogen-bond donors (Lipinski definition) is 0. The summed E-state index contributed by atoms with van der Waals surface area (Å²) in [6, 6.07) is 16.7. The highest BCUT2D eigenvalue weighted by atomic mass is 32.2. The number of ketones is 1. The summed E-state index contributed by atoms with van der Waals surface area (Å²) >= 11 is 1.27. The van der Waals surface area contributed by atoms with Crippen molar-refractivity contribution < 1.29 is 14.5 Å². The molecule has 27 heavy (non-hydrogen) atoms. The van der Waals surface area contributed by atoms with Crippen molar-refractivity contribution >= 4 is 23.2 Å². The zero-order valence-electron chi connectivity index (χ0n) is 14.4. The monoisotopic (exact) mass is 381 g/mol. The van der Waals surface area contributed by atoms with Crippen LogP contribution in [0.25, 0.3) is 11.3 Å². The van der Waals surface area contributed by atoms with Gasteiger partial charge in [0, 0.05) is 23.3 Å². The molecule has 1 aromatic heterocycles. The average Bonchev–Trinajstić information content (AvgIpc) is 2.72. The summed E-state index contributed by atoms with van der Waals surface area (Å²) in [5.74, 6) is 0.813. The Morgan fingerprint density at radius 3 is 2.30 bits per heavy atom. The number of benzene rings is 2. The van der Waals surface area contributed by atoms with Crippen LogP contribution >= 0.6 is 11.8 Å². The molecule has 0 spiro atoms. The van der Waals surface area contributed by atoms with Gasteiger partial charge in [-0.1, -0.05) is 11.8 Å². The third-order valence-corrected chi connectivity index (χ3v) is 4.70. The summed E-state index contributed by atoms with van der Waals surface area (Å²) in [5, 5.41) is 19.6. The van der Waals surface area contributed by atoms with Crippen LogP contribution in [0.5, 0.6) is 5.75 Å². The minimum absolute atomic E-state index is 0.0424. The van der Waals surface area contributed by atoms with Crippen LogP contribution in [0, 0.1) is 10.1 Å². The molecule has 0 radical (unpaired) electrons. The lowest BCUT2D eigenvalue weighted by molar-refractivity contribution is -0.384. The number of carbonyl (C=O) groups is 1. The van der Waals surface area contributed by atoms with Crippen molar-refractivity contribution in [2.75, 3.05) is 12.9 Å². The van der Waals surface area contributed by atoms with Gasteiger partial charge < -0.3 is 4.74 Å². The molecular formula is C19H15N3O4S. The van der Waals surface area contributed by atoms with E-state index in [1.165, 1.54) is 36.0 Å². The molecule has 0 aliphatic rings. The second-order valence-corrected chi connectivity index (χ2v) is 6.50. The molecule has 7 nitrogen and oxygen atoms in total. The van der Waals surface area contributed by atoms with Gasteiger partial charge in [0.2, 0.25) is 0 Å². The number of Topliss-reactive ketones (excluding diaryl/α,β-unsaturated/α-hetero) is 1. The topological polar surface area (TPSA) is 95.2 Å². The molecule has 0 N–H and O–H groups in total. The maximum atomic E-state index is 12.2. The summed E-state index contributed by atoms with van der Waals surface area (Å²) < 4.78 is 5.13. The summed E-state index contributed by atoms with van der Waals surface area (Å²) in [7, 11) is 1.61. The van der Waals surface area contributed by atoms with Crippen LogP contribution < -0.4 is 4.74 Å². The van der Waals surface area contributed by atoms with Crippen molar-refractivity contribution in [3.8, 4) is 17.0 Å². The predicted octanol–water partition coefficient (Wildman–Crippen LogP) is 4.04. The standard InChI is InChI=1S/C19H15N3O4S/c1-26-16-8-4-13(5-9-16)17-10-11-19(21-20-17)27-12-18(23)14-2-6-15(7-3-14)22(24)25/h2-11H,12H2,1H3. The van der Waals surface area contributed by atoms with Gasteiger partial charge in [0.1, 0.15) is 10.8 Å². The number of hydrogen-bond acceptors (Lipinski definition) is 7. The van der Waals surface area contributed by atoms with Crippen molar-refractivity contribution in [1.29, 1.82) is 0 Å². The van der Waals surface area contributed by atoms with Crippen LogP contribution in [0.1, 0.15) is 10.4 Å². The molecule has 0 aliphatic heterocycles. The fourth-order valence-electron chi connectivity index (χ4n) is 2.30. The van der Waals surface area contributed by atoms with Crippen LogP contribution in [0.15, 0.2) is 65.7 Å². The van der Waals surface area contributed by atoms with Crippen molar-refractivity contribution in [2.24, 2.45) is 0 Å². The Kier molecular flexibility index (Phi) is 5.77. The first kappa shape index (κ1) is 18.5. The van der Waals surface area contributed by atoms with Gasteiger partial charge in [0.05, 0.1) is 23.5 Å². The summed E-state index contributed by atoms with van der Waals surface area (Å²) in [5.41, 5.74) is 2.03. The van der Waals surface area contributed by atoms with Gasteiger partial charge in [-0.15, -0.1) is 10.2 Å². The van der Waals surface area contributed by atoms with Gasteiger partial charge in [-0.25, -0.2) is 0 Å². The summed E-state index contributed by atoms with van der Waals surface area (Å²) in [6.45, 7) is 0. The summed E-state index contributed by atoms with van der Waals surface area (Å²) in [6.07, 6.45) is 0. The van der Waals surface area contributed by atoms with E-state index in [1.54, 1.807) is 13.2 Å². The zero-order chi connectivity index (χ0) is 19.2. The van der Waals surface area contributed by atoms with Crippen LogP contribution in [-0.2, 0) is 0 Å². The fourth-order valence-corrected chi connectivity index (χ4v) is 3.01. The third kappa shape index (κ3) is 4.68. The Balaban J connectivity index is 1.60. The smallest absolute Gasteiger partial charge is 0.269 e. The molecular weight excluding hydrogens is 366 g/mol. The molecule has 3 rings (SSSR count). The Morgan fingerprint density at radius 1 is 1.04 bits per heavy atom. The van der Waals surface area contributed by atoms with E-state index in [-0.39, 0.29) is 17.2 Å². The van der Waals surface area contributed by atoms with Gasteiger partial charge in [0.25, 0.3) is 5.69 Å². The molecule has 1 heterocycles. The van der Waals surface area contributed by atoms with Crippen molar-refractivity contribution in [3.63, 3.8) is 0 Å². The van der Waals surface area contributed by atoms with Crippen LogP contribution in [0.3, 0.4) is 0 Å². The van der Waals surface area contributed by atoms with E-state index in [2.05, 4.69) is 10.2 Å². The number of nitro groups is 1. The molecule has 0 bridgehead atoms. The Bertz CT molecular complexity index is 942. The lowest BCUT2D eigenvalue weighted by atomic mass is 10.1. The molecule has 0 saturated heterocycles. The Hall–Kier alpha value is -3.26. The molecule has 8 heteroatoms. The highest BCUT2D eigenvalue weighted by molar-refractivity contribution is 7.99. The van der Waals surface area contributed by atoms with E-state index in [1.807, 2.05) is 30.3 Å². The normalized spacial score (nSPS) is 10.4. The molecule has 0 unspecified atom stereocenters. The molecule has 0 atom stereocenters. The molecule has 0 aliphatic carbocycles. The highest BCUT2D eigenvalue weighted by Crippen LogP contribution is 2.23. The largest absolute Gasteiger partial charge is 0.497 e. The first-order valence-electron chi connectivity index (χ1n) is 7.95. The zero-order valence-corrected chi connectivity index (χ0v) is 15.2. The van der Waals surface area contributed by atoms with E-state index >= 15 is 0 Å². The molecule has 0 fully saturated rings. The average molecular weight is 381 g/mol. The number of aromatic nitrogens is 2. The quantitative estimate of drug-likeness (QED) is 0.264. The lowest BCUT2D eigenvalue weighted by Gasteiger charge is -2.04. The molecule has 136 valence electrons. The van der Waals surface area contributed by atoms with E-state index in [9.17, 15) is 14.9 Å². The number of thioether (sulfide) groups is 1. The predicted molar refractivity (Wildman–Crippen MR) is 102 cm³/mol. The molecule has 0 saturated carbocycles. The molecule has 3 aromatic rings. The minimum Gasteiger partial charge on any atom is -0.497 e. The van der Waals surface area contributed by atoms with Crippen LogP contribution in [0.4, 0.5) is 5.69 Å². The van der Waals surface area contributed by atoms with Gasteiger partial charge in [-0.3, -0.25) is 14.9 Å². The Morgan fingerprint density at radius 2 is 1.74 bits per heavy atom. The summed E-state index contributed by atoms with van der Waals surface area (Å²) in [4.78, 5) is 22.4. The maximum Gasteiger partial charge on any atom is 0.269 e. The van der Waals surface area contributed by atoms with Crippen molar-refractivity contribution in [2.45, 2.75) is 5.03 Å². The lowest BCUT2D eigenvalue weighted by Crippen LogP contribution is -2.03. The second kappa shape index (κ2) is 8.41. The molecule has 0 amide bonds. The van der Waals surface area contributed by atoms with Crippen LogP contribution in [0.2, 0.25) is 0 Å². The van der Waals surface area contributed by atoms with E-state index in [0.29, 0.717) is 10.6 Å². The number of non-ortho nitro benzene ring substituents is 1. The van der Waals surface area contributed by atoms with Crippen molar-refractivity contribution in [3.05, 3.63) is 76.3 Å². The van der Waals surface area contributed by atoms with E-state index < -0.39 is 4.92 Å². The minimum atomic E-state index is -0.497.